The number of anilines is 1. The van der Waals surface area contributed by atoms with E-state index in [-0.39, 0.29) is 16.4 Å². The largest absolute Gasteiger partial charge is 0.459 e. The van der Waals surface area contributed by atoms with Gasteiger partial charge in [-0.05, 0) is 24.6 Å². The monoisotopic (exact) mass is 461 g/mol. The van der Waals surface area contributed by atoms with E-state index in [1.807, 2.05) is 0 Å². The molecular weight excluding hydrogens is 434 g/mol. The summed E-state index contributed by atoms with van der Waals surface area (Å²) in [6.07, 6.45) is 9.35. The Morgan fingerprint density at radius 2 is 1.77 bits per heavy atom. The number of nitrogens with zero attached hydrogens (tertiary/aromatic N) is 2. The molecule has 0 bridgehead atoms. The number of hydrogen-bond donors (Lipinski definition) is 1. The summed E-state index contributed by atoms with van der Waals surface area (Å²) in [6.45, 7) is 2.20. The highest BCUT2D eigenvalue weighted by Gasteiger charge is 2.23. The molecule has 1 N–H and O–H groups in total. The lowest BCUT2D eigenvalue weighted by Gasteiger charge is -2.05. The van der Waals surface area contributed by atoms with Crippen LogP contribution in [0.15, 0.2) is 52.0 Å². The van der Waals surface area contributed by atoms with Crippen LogP contribution in [0.25, 0.3) is 0 Å². The Morgan fingerprint density at radius 1 is 1.03 bits per heavy atom. The van der Waals surface area contributed by atoms with E-state index >= 15 is 0 Å². The fourth-order valence-electron chi connectivity index (χ4n) is 3.18. The maximum Gasteiger partial charge on any atom is 0.293 e. The van der Waals surface area contributed by atoms with Crippen LogP contribution < -0.4 is 5.32 Å². The summed E-state index contributed by atoms with van der Waals surface area (Å²) in [5.41, 5.74) is 0.304. The Morgan fingerprint density at radius 3 is 2.55 bits per heavy atom. The number of furan rings is 1. The van der Waals surface area contributed by atoms with Crippen LogP contribution >= 0.6 is 11.3 Å². The molecular formula is C22H27N3O4S2. The lowest BCUT2D eigenvalue weighted by molar-refractivity contribution is 0.0995. The van der Waals surface area contributed by atoms with Gasteiger partial charge in [0.2, 0.25) is 5.13 Å². The Balaban J connectivity index is 1.56. The third-order valence-corrected chi connectivity index (χ3v) is 7.41. The van der Waals surface area contributed by atoms with Crippen molar-refractivity contribution in [3.8, 4) is 0 Å². The van der Waals surface area contributed by atoms with Gasteiger partial charge in [-0.15, -0.1) is 10.2 Å². The second-order valence-electron chi connectivity index (χ2n) is 7.32. The van der Waals surface area contributed by atoms with Crippen LogP contribution in [0.3, 0.4) is 0 Å². The minimum absolute atomic E-state index is 0.0350. The Labute approximate surface area is 186 Å². The number of sulfone groups is 1. The van der Waals surface area contributed by atoms with Crippen LogP contribution in [-0.4, -0.2) is 24.5 Å². The van der Waals surface area contributed by atoms with Crippen LogP contribution in [0.2, 0.25) is 0 Å². The van der Waals surface area contributed by atoms with Crippen molar-refractivity contribution in [1.29, 1.82) is 0 Å². The number of benzene rings is 1. The topological polar surface area (TPSA) is 102 Å². The molecule has 0 saturated heterocycles. The predicted octanol–water partition coefficient (Wildman–Crippen LogP) is 5.26. The molecule has 0 radical (unpaired) electrons. The number of nitrogens with one attached hydrogen (secondary N) is 1. The van der Waals surface area contributed by atoms with Gasteiger partial charge in [0.15, 0.2) is 15.6 Å². The summed E-state index contributed by atoms with van der Waals surface area (Å²) in [6, 6.07) is 9.63. The second-order valence-corrected chi connectivity index (χ2v) is 10.4. The van der Waals surface area contributed by atoms with Gasteiger partial charge >= 0.3 is 0 Å². The third-order valence-electron chi connectivity index (χ3n) is 4.83. The van der Waals surface area contributed by atoms with Gasteiger partial charge in [0, 0.05) is 12.0 Å². The zero-order valence-electron chi connectivity index (χ0n) is 17.5. The maximum absolute atomic E-state index is 12.6. The average molecular weight is 462 g/mol. The van der Waals surface area contributed by atoms with Gasteiger partial charge in [-0.25, -0.2) is 8.42 Å². The molecule has 0 unspecified atom stereocenters. The van der Waals surface area contributed by atoms with Crippen molar-refractivity contribution in [1.82, 2.24) is 10.2 Å². The number of amides is 1. The van der Waals surface area contributed by atoms with Crippen molar-refractivity contribution in [2.24, 2.45) is 0 Å². The van der Waals surface area contributed by atoms with Gasteiger partial charge in [0.25, 0.3) is 5.91 Å². The molecule has 31 heavy (non-hydrogen) atoms. The molecule has 3 aromatic rings. The van der Waals surface area contributed by atoms with Crippen molar-refractivity contribution in [3.05, 3.63) is 59.0 Å². The predicted molar refractivity (Wildman–Crippen MR) is 121 cm³/mol. The molecule has 1 amide bonds. The number of carbonyl (C=O) groups excluding carboxylic acids is 1. The lowest BCUT2D eigenvalue weighted by atomic mass is 10.1. The molecule has 0 spiro atoms. The number of aromatic nitrogens is 2. The first kappa shape index (κ1) is 23.1. The van der Waals surface area contributed by atoms with Crippen molar-refractivity contribution < 1.29 is 17.6 Å². The highest BCUT2D eigenvalue weighted by molar-refractivity contribution is 7.90. The minimum atomic E-state index is -3.59. The van der Waals surface area contributed by atoms with Gasteiger partial charge < -0.3 is 4.42 Å². The maximum atomic E-state index is 12.6. The SMILES string of the molecule is CCCCCCCCc1nnc(NC(=O)c2occc2CS(=O)(=O)c2ccccc2)s1. The van der Waals surface area contributed by atoms with Crippen molar-refractivity contribution in [2.45, 2.75) is 62.5 Å². The molecule has 2 heterocycles. The Kier molecular flexibility index (Phi) is 8.36. The minimum Gasteiger partial charge on any atom is -0.459 e. The molecule has 0 aliphatic carbocycles. The molecule has 2 aromatic heterocycles. The molecule has 9 heteroatoms. The average Bonchev–Trinajstić information content (AvgIpc) is 3.40. The lowest BCUT2D eigenvalue weighted by Crippen LogP contribution is -2.14. The first-order valence-corrected chi connectivity index (χ1v) is 12.9. The number of hydrogen-bond acceptors (Lipinski definition) is 7. The second kappa shape index (κ2) is 11.2. The first-order valence-electron chi connectivity index (χ1n) is 10.5. The van der Waals surface area contributed by atoms with Gasteiger partial charge in [-0.1, -0.05) is 68.6 Å². The normalized spacial score (nSPS) is 11.5. The number of aryl methyl sites for hydroxylation is 1. The van der Waals surface area contributed by atoms with Crippen molar-refractivity contribution in [2.75, 3.05) is 5.32 Å². The zero-order chi connectivity index (χ0) is 22.1. The Bertz CT molecular complexity index is 1080. The summed E-state index contributed by atoms with van der Waals surface area (Å²) in [5, 5.41) is 12.1. The zero-order valence-corrected chi connectivity index (χ0v) is 19.2. The van der Waals surface area contributed by atoms with Crippen LogP contribution in [0, 0.1) is 0 Å². The third kappa shape index (κ3) is 6.73. The molecule has 166 valence electrons. The fourth-order valence-corrected chi connectivity index (χ4v) is 5.33. The number of rotatable bonds is 12. The quantitative estimate of drug-likeness (QED) is 0.369. The van der Waals surface area contributed by atoms with Gasteiger partial charge in [0.1, 0.15) is 5.01 Å². The van der Waals surface area contributed by atoms with Gasteiger partial charge in [-0.2, -0.15) is 0 Å². The summed E-state index contributed by atoms with van der Waals surface area (Å²) >= 11 is 1.33. The summed E-state index contributed by atoms with van der Waals surface area (Å²) in [5.74, 6) is -0.895. The molecule has 3 rings (SSSR count). The number of unbranched alkanes of at least 4 members (excludes halogenated alkanes) is 5. The molecule has 0 aliphatic heterocycles. The molecule has 0 saturated carbocycles. The van der Waals surface area contributed by atoms with E-state index < -0.39 is 15.7 Å². The number of carbonyl (C=O) groups is 1. The molecule has 0 aliphatic rings. The van der Waals surface area contributed by atoms with E-state index in [4.69, 9.17) is 4.42 Å². The van der Waals surface area contributed by atoms with Crippen LogP contribution in [0.4, 0.5) is 5.13 Å². The molecule has 7 nitrogen and oxygen atoms in total. The molecule has 0 atom stereocenters. The van der Waals surface area contributed by atoms with Crippen LogP contribution in [0.1, 0.15) is 66.6 Å². The van der Waals surface area contributed by atoms with E-state index in [1.54, 1.807) is 18.2 Å². The highest BCUT2D eigenvalue weighted by Crippen LogP contribution is 2.23. The standard InChI is InChI=1S/C22H27N3O4S2/c1-2-3-4-5-6-10-13-19-24-25-22(30-19)23-21(26)20-17(14-15-29-20)16-31(27,28)18-11-8-7-9-12-18/h7-9,11-12,14-15H,2-6,10,13,16H2,1H3,(H,23,25,26). The van der Waals surface area contributed by atoms with Crippen LogP contribution in [0.5, 0.6) is 0 Å². The van der Waals surface area contributed by atoms with E-state index in [0.717, 1.165) is 24.3 Å². The highest BCUT2D eigenvalue weighted by atomic mass is 32.2. The van der Waals surface area contributed by atoms with E-state index in [9.17, 15) is 13.2 Å². The van der Waals surface area contributed by atoms with Crippen molar-refractivity contribution >= 4 is 32.2 Å². The van der Waals surface area contributed by atoms with E-state index in [1.165, 1.54) is 61.5 Å². The molecule has 0 fully saturated rings. The first-order chi connectivity index (χ1) is 15.0. The smallest absolute Gasteiger partial charge is 0.293 e. The Hall–Kier alpha value is -2.52. The van der Waals surface area contributed by atoms with Crippen molar-refractivity contribution in [3.63, 3.8) is 0 Å². The summed E-state index contributed by atoms with van der Waals surface area (Å²) in [7, 11) is -3.59. The van der Waals surface area contributed by atoms with E-state index in [0.29, 0.717) is 10.7 Å². The van der Waals surface area contributed by atoms with E-state index in [2.05, 4.69) is 22.4 Å². The van der Waals surface area contributed by atoms with Gasteiger partial charge in [0.05, 0.1) is 16.9 Å². The fraction of sp³-hybridized carbons (Fsp3) is 0.409. The van der Waals surface area contributed by atoms with Crippen LogP contribution in [-0.2, 0) is 22.0 Å². The summed E-state index contributed by atoms with van der Waals surface area (Å²) < 4.78 is 30.5. The summed E-state index contributed by atoms with van der Waals surface area (Å²) in [4.78, 5) is 12.8. The van der Waals surface area contributed by atoms with Gasteiger partial charge in [-0.3, -0.25) is 10.1 Å². The molecule has 1 aromatic carbocycles.